The van der Waals surface area contributed by atoms with Crippen LogP contribution in [0.1, 0.15) is 39.5 Å². The molecule has 3 N–H and O–H groups in total. The number of benzene rings is 1. The molecule has 0 radical (unpaired) electrons. The number of carbonyl (C=O) groups excluding carboxylic acids is 3. The van der Waals surface area contributed by atoms with Crippen LogP contribution in [-0.4, -0.2) is 57.9 Å². The maximum atomic E-state index is 12.9. The Morgan fingerprint density at radius 3 is 2.45 bits per heavy atom. The van der Waals surface area contributed by atoms with Crippen LogP contribution in [0.5, 0.6) is 0 Å². The quantitative estimate of drug-likeness (QED) is 0.545. The molecular formula is C21H31N3O6S. The Bertz CT molecular complexity index is 857. The van der Waals surface area contributed by atoms with Crippen LogP contribution in [0.3, 0.4) is 0 Å². The van der Waals surface area contributed by atoms with Crippen molar-refractivity contribution in [2.24, 2.45) is 5.92 Å². The van der Waals surface area contributed by atoms with Crippen molar-refractivity contribution in [2.75, 3.05) is 19.8 Å². The van der Waals surface area contributed by atoms with Gasteiger partial charge in [-0.2, -0.15) is 4.72 Å². The second-order valence-corrected chi connectivity index (χ2v) is 9.51. The lowest BCUT2D eigenvalue weighted by atomic mass is 10.0. The summed E-state index contributed by atoms with van der Waals surface area (Å²) < 4.78 is 33.3. The maximum absolute atomic E-state index is 12.9. The Morgan fingerprint density at radius 1 is 1.10 bits per heavy atom. The largest absolute Gasteiger partial charge is 0.381 e. The van der Waals surface area contributed by atoms with Gasteiger partial charge in [-0.05, 0) is 43.7 Å². The van der Waals surface area contributed by atoms with E-state index in [1.807, 2.05) is 0 Å². The van der Waals surface area contributed by atoms with Gasteiger partial charge >= 0.3 is 0 Å². The first kappa shape index (κ1) is 25.0. The number of rotatable bonds is 6. The number of carbonyl (C=O) groups is 3. The first-order valence-corrected chi connectivity index (χ1v) is 12.0. The number of Topliss-reactive ketones (excluding diaryl/α,β-unsaturated/α-hetero) is 1. The monoisotopic (exact) mass is 453 g/mol. The lowest BCUT2D eigenvalue weighted by Crippen LogP contribution is -2.55. The molecule has 2 atom stereocenters. The summed E-state index contributed by atoms with van der Waals surface area (Å²) in [5, 5.41) is 5.13. The van der Waals surface area contributed by atoms with E-state index in [4.69, 9.17) is 4.74 Å². The first-order valence-electron chi connectivity index (χ1n) is 10.5. The number of ketones is 1. The fourth-order valence-corrected chi connectivity index (χ4v) is 4.49. The van der Waals surface area contributed by atoms with Crippen molar-refractivity contribution in [2.45, 2.75) is 56.5 Å². The van der Waals surface area contributed by atoms with Gasteiger partial charge in [0.2, 0.25) is 21.7 Å². The van der Waals surface area contributed by atoms with Crippen molar-refractivity contribution in [3.63, 3.8) is 0 Å². The lowest BCUT2D eigenvalue weighted by molar-refractivity contribution is -0.140. The smallest absolute Gasteiger partial charge is 0.289 e. The fraction of sp³-hybridized carbons (Fsp3) is 0.571. The summed E-state index contributed by atoms with van der Waals surface area (Å²) in [5.74, 6) is -2.55. The van der Waals surface area contributed by atoms with Gasteiger partial charge in [0, 0.05) is 19.8 Å². The topological polar surface area (TPSA) is 131 Å². The summed E-state index contributed by atoms with van der Waals surface area (Å²) in [6, 6.07) is 5.55. The van der Waals surface area contributed by atoms with Gasteiger partial charge in [-0.1, -0.05) is 32.0 Å². The summed E-state index contributed by atoms with van der Waals surface area (Å²) in [6.45, 7) is 4.72. The Hall–Kier alpha value is -2.30. The predicted molar refractivity (Wildman–Crippen MR) is 115 cm³/mol. The molecule has 1 fully saturated rings. The molecule has 9 nitrogen and oxygen atoms in total. The molecule has 2 unspecified atom stereocenters. The summed E-state index contributed by atoms with van der Waals surface area (Å²) in [5.41, 5.74) is 0. The molecular weight excluding hydrogens is 422 g/mol. The molecule has 31 heavy (non-hydrogen) atoms. The number of nitrogens with one attached hydrogen (secondary N) is 3. The van der Waals surface area contributed by atoms with E-state index in [2.05, 4.69) is 15.4 Å². The van der Waals surface area contributed by atoms with Crippen molar-refractivity contribution in [1.29, 1.82) is 0 Å². The number of hydrogen-bond acceptors (Lipinski definition) is 6. The van der Waals surface area contributed by atoms with Crippen LogP contribution in [0.4, 0.5) is 0 Å². The van der Waals surface area contributed by atoms with Crippen molar-refractivity contribution < 1.29 is 27.5 Å². The van der Waals surface area contributed by atoms with Crippen LogP contribution in [0, 0.1) is 5.92 Å². The zero-order chi connectivity index (χ0) is 22.9. The van der Waals surface area contributed by atoms with Gasteiger partial charge in [0.25, 0.3) is 5.91 Å². The molecule has 2 amide bonds. The van der Waals surface area contributed by atoms with Crippen LogP contribution < -0.4 is 15.4 Å². The average Bonchev–Trinajstić information content (AvgIpc) is 2.74. The highest BCUT2D eigenvalue weighted by Crippen LogP contribution is 2.12. The Labute approximate surface area is 183 Å². The normalized spacial score (nSPS) is 20.3. The third-order valence-corrected chi connectivity index (χ3v) is 6.38. The summed E-state index contributed by atoms with van der Waals surface area (Å²) >= 11 is 0. The molecule has 172 valence electrons. The van der Waals surface area contributed by atoms with Gasteiger partial charge in [0.05, 0.1) is 10.9 Å². The summed E-state index contributed by atoms with van der Waals surface area (Å²) in [6.07, 6.45) is 2.17. The van der Waals surface area contributed by atoms with E-state index in [0.29, 0.717) is 32.6 Å². The highest BCUT2D eigenvalue weighted by atomic mass is 32.2. The van der Waals surface area contributed by atoms with Crippen LogP contribution in [0.15, 0.2) is 35.2 Å². The van der Waals surface area contributed by atoms with Gasteiger partial charge < -0.3 is 15.4 Å². The molecule has 2 rings (SSSR count). The second-order valence-electron chi connectivity index (χ2n) is 7.80. The molecule has 0 spiro atoms. The van der Waals surface area contributed by atoms with Crippen molar-refractivity contribution >= 4 is 27.6 Å². The molecule has 1 aliphatic rings. The van der Waals surface area contributed by atoms with Gasteiger partial charge in [0.1, 0.15) is 6.04 Å². The number of amides is 2. The molecule has 1 aromatic carbocycles. The molecule has 1 heterocycles. The average molecular weight is 454 g/mol. The molecule has 10 heteroatoms. The van der Waals surface area contributed by atoms with Crippen LogP contribution in [0.2, 0.25) is 0 Å². The van der Waals surface area contributed by atoms with Gasteiger partial charge in [-0.15, -0.1) is 0 Å². The minimum absolute atomic E-state index is 0.0343. The zero-order valence-electron chi connectivity index (χ0n) is 17.9. The molecule has 0 aromatic heterocycles. The number of hydrogen-bond donors (Lipinski definition) is 3. The fourth-order valence-electron chi connectivity index (χ4n) is 3.13. The van der Waals surface area contributed by atoms with Crippen molar-refractivity contribution in [1.82, 2.24) is 15.4 Å². The minimum Gasteiger partial charge on any atom is -0.381 e. The first-order chi connectivity index (χ1) is 14.7. The zero-order valence-corrected chi connectivity index (χ0v) is 18.7. The number of ether oxygens (including phenoxy) is 1. The Morgan fingerprint density at radius 2 is 1.77 bits per heavy atom. The van der Waals surface area contributed by atoms with E-state index >= 15 is 0 Å². The molecule has 0 saturated carbocycles. The van der Waals surface area contributed by atoms with Crippen molar-refractivity contribution in [3.05, 3.63) is 30.3 Å². The van der Waals surface area contributed by atoms with Crippen LogP contribution in [-0.2, 0) is 29.1 Å². The second kappa shape index (κ2) is 11.9. The molecule has 0 bridgehead atoms. The highest BCUT2D eigenvalue weighted by Gasteiger charge is 2.33. The third-order valence-electron chi connectivity index (χ3n) is 4.92. The molecule has 1 saturated heterocycles. The van der Waals surface area contributed by atoms with Crippen molar-refractivity contribution in [3.8, 4) is 0 Å². The Balaban J connectivity index is 2.14. The SMILES string of the molecule is CC(C)C(NS(=O)(=O)c1ccccc1)C(=O)NC1CCCOCCCCNC(=O)C1=O. The van der Waals surface area contributed by atoms with Gasteiger partial charge in [-0.25, -0.2) is 8.42 Å². The molecule has 1 aromatic rings. The minimum atomic E-state index is -3.94. The van der Waals surface area contributed by atoms with E-state index in [9.17, 15) is 22.8 Å². The Kier molecular flexibility index (Phi) is 9.60. The van der Waals surface area contributed by atoms with E-state index in [1.54, 1.807) is 32.0 Å². The molecule has 1 aliphatic heterocycles. The summed E-state index contributed by atoms with van der Waals surface area (Å²) in [4.78, 5) is 37.7. The lowest BCUT2D eigenvalue weighted by Gasteiger charge is -2.25. The van der Waals surface area contributed by atoms with E-state index in [0.717, 1.165) is 6.42 Å². The maximum Gasteiger partial charge on any atom is 0.289 e. The van der Waals surface area contributed by atoms with E-state index in [-0.39, 0.29) is 11.3 Å². The van der Waals surface area contributed by atoms with Crippen LogP contribution in [0.25, 0.3) is 0 Å². The third kappa shape index (κ3) is 7.71. The standard InChI is InChI=1S/C21H31N3O6S/c1-15(2)18(24-31(28,29)16-9-4-3-5-10-16)20(26)23-17-11-8-14-30-13-7-6-12-22-21(27)19(17)25/h3-5,9-10,15,17-18,24H,6-8,11-14H2,1-2H3,(H,22,27)(H,23,26). The predicted octanol–water partition coefficient (Wildman–Crippen LogP) is 0.750. The van der Waals surface area contributed by atoms with E-state index < -0.39 is 45.6 Å². The van der Waals surface area contributed by atoms with E-state index in [1.165, 1.54) is 12.1 Å². The van der Waals surface area contributed by atoms with Crippen LogP contribution >= 0.6 is 0 Å². The number of sulfonamides is 1. The van der Waals surface area contributed by atoms with Gasteiger partial charge in [0.15, 0.2) is 0 Å². The molecule has 0 aliphatic carbocycles. The summed E-state index contributed by atoms with van der Waals surface area (Å²) in [7, 11) is -3.94. The highest BCUT2D eigenvalue weighted by molar-refractivity contribution is 7.89. The van der Waals surface area contributed by atoms with Gasteiger partial charge in [-0.3, -0.25) is 14.4 Å².